The van der Waals surface area contributed by atoms with Crippen molar-refractivity contribution in [1.29, 1.82) is 0 Å². The van der Waals surface area contributed by atoms with Crippen molar-refractivity contribution >= 4 is 28.7 Å². The smallest absolute Gasteiger partial charge is 0.191 e. The lowest BCUT2D eigenvalue weighted by molar-refractivity contribution is 0.171. The number of rotatable bonds is 5. The molecule has 2 aromatic rings. The molecule has 0 saturated carbocycles. The maximum Gasteiger partial charge on any atom is 0.191 e. The largest absolute Gasteiger partial charge is 0.494 e. The summed E-state index contributed by atoms with van der Waals surface area (Å²) >= 11 is 5.28. The van der Waals surface area contributed by atoms with E-state index in [0.29, 0.717) is 24.9 Å². The summed E-state index contributed by atoms with van der Waals surface area (Å²) in [5, 5.41) is 7.82. The molecule has 0 unspecified atom stereocenters. The van der Waals surface area contributed by atoms with Crippen LogP contribution in [0.1, 0.15) is 19.4 Å². The number of ether oxygens (including phenoxy) is 3. The van der Waals surface area contributed by atoms with Crippen molar-refractivity contribution in [2.75, 3.05) is 25.1 Å². The molecule has 0 atom stereocenters. The van der Waals surface area contributed by atoms with Crippen LogP contribution in [-0.2, 0) is 0 Å². The average Bonchev–Trinajstić information content (AvgIpc) is 2.67. The first kappa shape index (κ1) is 18.0. The average molecular weight is 371 g/mol. The number of nitrogens with one attached hydrogen (secondary N) is 2. The molecule has 0 saturated heterocycles. The van der Waals surface area contributed by atoms with Gasteiger partial charge in [-0.15, -0.1) is 0 Å². The van der Waals surface area contributed by atoms with Crippen LogP contribution in [0.2, 0.25) is 0 Å². The molecule has 0 bridgehead atoms. The highest BCUT2D eigenvalue weighted by Crippen LogP contribution is 2.30. The minimum atomic E-state index is 0.408. The van der Waals surface area contributed by atoms with E-state index < -0.39 is 0 Å². The van der Waals surface area contributed by atoms with Gasteiger partial charge in [-0.05, 0) is 68.5 Å². The van der Waals surface area contributed by atoms with Crippen molar-refractivity contribution in [3.8, 4) is 17.2 Å². The van der Waals surface area contributed by atoms with Crippen LogP contribution in [-0.4, -0.2) is 30.6 Å². The Morgan fingerprint density at radius 1 is 1.12 bits per heavy atom. The Balaban J connectivity index is 1.58. The lowest BCUT2D eigenvalue weighted by atomic mass is 10.1. The van der Waals surface area contributed by atoms with E-state index in [1.807, 2.05) is 56.3 Å². The fraction of sp³-hybridized carbons (Fsp3) is 0.263. The highest BCUT2D eigenvalue weighted by molar-refractivity contribution is 7.80. The molecule has 26 heavy (non-hydrogen) atoms. The van der Waals surface area contributed by atoms with Gasteiger partial charge in [0.25, 0.3) is 0 Å². The van der Waals surface area contributed by atoms with Crippen molar-refractivity contribution in [2.45, 2.75) is 13.8 Å². The summed E-state index contributed by atoms with van der Waals surface area (Å²) in [5.41, 5.74) is 5.44. The van der Waals surface area contributed by atoms with Gasteiger partial charge in [-0.25, -0.2) is 0 Å². The van der Waals surface area contributed by atoms with Gasteiger partial charge in [-0.3, -0.25) is 5.43 Å². The molecular weight excluding hydrogens is 350 g/mol. The third-order valence-electron chi connectivity index (χ3n) is 3.71. The second-order valence-electron chi connectivity index (χ2n) is 5.58. The number of hydrazone groups is 1. The topological polar surface area (TPSA) is 64.1 Å². The molecule has 0 fully saturated rings. The molecular formula is C19H21N3O3S. The van der Waals surface area contributed by atoms with Gasteiger partial charge >= 0.3 is 0 Å². The Morgan fingerprint density at radius 3 is 2.58 bits per heavy atom. The first-order valence-corrected chi connectivity index (χ1v) is 8.80. The predicted octanol–water partition coefficient (Wildman–Crippen LogP) is 3.57. The van der Waals surface area contributed by atoms with Crippen LogP contribution in [0.25, 0.3) is 0 Å². The highest BCUT2D eigenvalue weighted by Gasteiger charge is 2.12. The third-order valence-corrected chi connectivity index (χ3v) is 3.90. The molecule has 2 aromatic carbocycles. The third kappa shape index (κ3) is 4.64. The lowest BCUT2D eigenvalue weighted by Gasteiger charge is -2.18. The summed E-state index contributed by atoms with van der Waals surface area (Å²) in [7, 11) is 0. The van der Waals surface area contributed by atoms with Gasteiger partial charge < -0.3 is 19.5 Å². The number of anilines is 1. The maximum atomic E-state index is 5.60. The molecule has 1 aliphatic rings. The first-order valence-electron chi connectivity index (χ1n) is 8.40. The number of fused-ring (bicyclic) bond motifs is 1. The molecule has 1 heterocycles. The summed E-state index contributed by atoms with van der Waals surface area (Å²) in [6.45, 7) is 5.62. The zero-order valence-corrected chi connectivity index (χ0v) is 15.6. The molecule has 6 nitrogen and oxygen atoms in total. The van der Waals surface area contributed by atoms with Gasteiger partial charge in [0.2, 0.25) is 0 Å². The highest BCUT2D eigenvalue weighted by atomic mass is 32.1. The van der Waals surface area contributed by atoms with Gasteiger partial charge in [0.1, 0.15) is 19.0 Å². The van der Waals surface area contributed by atoms with E-state index in [0.717, 1.165) is 34.2 Å². The molecule has 1 aliphatic heterocycles. The van der Waals surface area contributed by atoms with Crippen LogP contribution < -0.4 is 25.0 Å². The zero-order chi connectivity index (χ0) is 18.4. The van der Waals surface area contributed by atoms with Gasteiger partial charge in [-0.2, -0.15) is 5.10 Å². The SMILES string of the molecule is CCOc1ccc(NC(=S)NN=C(C)c2ccc3c(c2)OCCO3)cc1. The summed E-state index contributed by atoms with van der Waals surface area (Å²) in [6.07, 6.45) is 0. The zero-order valence-electron chi connectivity index (χ0n) is 14.7. The molecule has 7 heteroatoms. The Morgan fingerprint density at radius 2 is 1.85 bits per heavy atom. The number of nitrogens with zero attached hydrogens (tertiary/aromatic N) is 1. The molecule has 0 aromatic heterocycles. The van der Waals surface area contributed by atoms with Crippen LogP contribution in [0.15, 0.2) is 47.6 Å². The number of hydrogen-bond acceptors (Lipinski definition) is 5. The molecule has 0 spiro atoms. The number of thiocarbonyl (C=S) groups is 1. The predicted molar refractivity (Wildman–Crippen MR) is 107 cm³/mol. The monoisotopic (exact) mass is 371 g/mol. The Labute approximate surface area is 158 Å². The molecule has 3 rings (SSSR count). The Kier molecular flexibility index (Phi) is 5.91. The van der Waals surface area contributed by atoms with Crippen LogP contribution in [0.4, 0.5) is 5.69 Å². The summed E-state index contributed by atoms with van der Waals surface area (Å²) in [6, 6.07) is 13.3. The lowest BCUT2D eigenvalue weighted by Crippen LogP contribution is -2.25. The van der Waals surface area contributed by atoms with Gasteiger partial charge in [-0.1, -0.05) is 0 Å². The van der Waals surface area contributed by atoms with E-state index in [1.165, 1.54) is 0 Å². The quantitative estimate of drug-likeness (QED) is 0.476. The van der Waals surface area contributed by atoms with Gasteiger partial charge in [0.15, 0.2) is 16.6 Å². The number of hydrogen-bond donors (Lipinski definition) is 2. The minimum Gasteiger partial charge on any atom is -0.494 e. The summed E-state index contributed by atoms with van der Waals surface area (Å²) in [4.78, 5) is 0. The molecule has 2 N–H and O–H groups in total. The van der Waals surface area contributed by atoms with E-state index in [9.17, 15) is 0 Å². The molecule has 0 amide bonds. The van der Waals surface area contributed by atoms with Crippen molar-refractivity contribution in [2.24, 2.45) is 5.10 Å². The first-order chi connectivity index (χ1) is 12.7. The second-order valence-corrected chi connectivity index (χ2v) is 5.99. The standard InChI is InChI=1S/C19H21N3O3S/c1-3-23-16-7-5-15(6-8-16)20-19(26)22-21-13(2)14-4-9-17-18(12-14)25-11-10-24-17/h4-9,12H,3,10-11H2,1-2H3,(H2,20,22,26). The van der Waals surface area contributed by atoms with E-state index in [1.54, 1.807) is 0 Å². The molecule has 0 radical (unpaired) electrons. The second kappa shape index (κ2) is 8.53. The van der Waals surface area contributed by atoms with Crippen LogP contribution in [0.5, 0.6) is 17.2 Å². The fourth-order valence-corrected chi connectivity index (χ4v) is 2.59. The van der Waals surface area contributed by atoms with Crippen molar-refractivity contribution in [3.63, 3.8) is 0 Å². The van der Waals surface area contributed by atoms with Crippen LogP contribution >= 0.6 is 12.2 Å². The van der Waals surface area contributed by atoms with E-state index in [4.69, 9.17) is 26.4 Å². The van der Waals surface area contributed by atoms with E-state index in [2.05, 4.69) is 15.8 Å². The van der Waals surface area contributed by atoms with E-state index >= 15 is 0 Å². The minimum absolute atomic E-state index is 0.408. The van der Waals surface area contributed by atoms with Crippen molar-refractivity contribution < 1.29 is 14.2 Å². The van der Waals surface area contributed by atoms with Crippen molar-refractivity contribution in [1.82, 2.24) is 5.43 Å². The number of benzene rings is 2. The molecule has 136 valence electrons. The van der Waals surface area contributed by atoms with Crippen molar-refractivity contribution in [3.05, 3.63) is 48.0 Å². The fourth-order valence-electron chi connectivity index (χ4n) is 2.43. The van der Waals surface area contributed by atoms with Gasteiger partial charge in [0, 0.05) is 11.3 Å². The summed E-state index contributed by atoms with van der Waals surface area (Å²) in [5.74, 6) is 2.32. The van der Waals surface area contributed by atoms with E-state index in [-0.39, 0.29) is 0 Å². The van der Waals surface area contributed by atoms with Gasteiger partial charge in [0.05, 0.1) is 12.3 Å². The normalized spacial score (nSPS) is 13.1. The van der Waals surface area contributed by atoms with Crippen LogP contribution in [0, 0.1) is 0 Å². The molecule has 0 aliphatic carbocycles. The Bertz CT molecular complexity index is 806. The summed E-state index contributed by atoms with van der Waals surface area (Å²) < 4.78 is 16.5. The maximum absolute atomic E-state index is 5.60. The Hall–Kier alpha value is -2.80. The van der Waals surface area contributed by atoms with Crippen LogP contribution in [0.3, 0.4) is 0 Å².